The first-order valence-electron chi connectivity index (χ1n) is 12.4. The van der Waals surface area contributed by atoms with Crippen LogP contribution in [0.1, 0.15) is 110 Å². The second-order valence-electron chi connectivity index (χ2n) is 10.1. The summed E-state index contributed by atoms with van der Waals surface area (Å²) in [5.41, 5.74) is 0. The van der Waals surface area contributed by atoms with Crippen LogP contribution in [0.15, 0.2) is 0 Å². The summed E-state index contributed by atoms with van der Waals surface area (Å²) in [7, 11) is 0. The molecule has 0 aromatic rings. The maximum Gasteiger partial charge on any atom is 0.309 e. The van der Waals surface area contributed by atoms with Gasteiger partial charge in [0.1, 0.15) is 12.3 Å². The molecule has 0 radical (unpaired) electrons. The number of carbonyl (C=O) groups is 1. The Morgan fingerprint density at radius 1 is 0.857 bits per heavy atom. The molecule has 28 heavy (non-hydrogen) atoms. The Hall–Kier alpha value is -0.600. The van der Waals surface area contributed by atoms with Crippen molar-refractivity contribution in [3.63, 3.8) is 0 Å². The normalized spacial score (nSPS) is 39.5. The van der Waals surface area contributed by atoms with E-state index in [1.165, 1.54) is 57.8 Å². The van der Waals surface area contributed by atoms with Gasteiger partial charge in [-0.2, -0.15) is 0 Å². The van der Waals surface area contributed by atoms with Crippen molar-refractivity contribution in [2.45, 2.75) is 122 Å². The third kappa shape index (κ3) is 5.95. The zero-order chi connectivity index (χ0) is 19.9. The number of carbonyl (C=O) groups excluding carboxylic acids is 1. The van der Waals surface area contributed by atoms with E-state index in [1.807, 2.05) is 0 Å². The molecule has 0 amide bonds. The Balaban J connectivity index is 1.37. The Kier molecular flexibility index (Phi) is 8.66. The van der Waals surface area contributed by atoms with Gasteiger partial charge in [-0.3, -0.25) is 4.79 Å². The lowest BCUT2D eigenvalue weighted by molar-refractivity contribution is -0.162. The van der Waals surface area contributed by atoms with E-state index in [4.69, 9.17) is 4.74 Å². The molecular formula is C25H43FO2. The van der Waals surface area contributed by atoms with E-state index in [1.54, 1.807) is 0 Å². The molecule has 0 saturated heterocycles. The highest BCUT2D eigenvalue weighted by Gasteiger charge is 2.37. The molecule has 0 spiro atoms. The average molecular weight is 395 g/mol. The molecule has 0 N–H and O–H groups in total. The summed E-state index contributed by atoms with van der Waals surface area (Å²) in [6.07, 6.45) is 15.6. The second kappa shape index (κ2) is 11.0. The molecule has 0 aromatic carbocycles. The number of halogens is 1. The third-order valence-corrected chi connectivity index (χ3v) is 8.30. The molecular weight excluding hydrogens is 351 g/mol. The van der Waals surface area contributed by atoms with Gasteiger partial charge in [0.25, 0.3) is 0 Å². The fourth-order valence-electron chi connectivity index (χ4n) is 6.20. The van der Waals surface area contributed by atoms with Crippen molar-refractivity contribution < 1.29 is 13.9 Å². The van der Waals surface area contributed by atoms with Crippen molar-refractivity contribution in [3.8, 4) is 0 Å². The molecule has 3 fully saturated rings. The van der Waals surface area contributed by atoms with Gasteiger partial charge in [-0.25, -0.2) is 4.39 Å². The van der Waals surface area contributed by atoms with Gasteiger partial charge in [-0.15, -0.1) is 0 Å². The minimum absolute atomic E-state index is 0.0215. The lowest BCUT2D eigenvalue weighted by Gasteiger charge is -2.38. The minimum Gasteiger partial charge on any atom is -0.459 e. The van der Waals surface area contributed by atoms with Crippen molar-refractivity contribution in [1.82, 2.24) is 0 Å². The van der Waals surface area contributed by atoms with Crippen LogP contribution < -0.4 is 0 Å². The largest absolute Gasteiger partial charge is 0.459 e. The zero-order valence-corrected chi connectivity index (χ0v) is 18.3. The molecule has 3 rings (SSSR count). The number of hydrogen-bond acceptors (Lipinski definition) is 2. The Labute approximate surface area is 172 Å². The number of rotatable bonds is 7. The topological polar surface area (TPSA) is 26.3 Å². The Bertz CT molecular complexity index is 463. The van der Waals surface area contributed by atoms with Crippen molar-refractivity contribution in [1.29, 1.82) is 0 Å². The fraction of sp³-hybridized carbons (Fsp3) is 0.960. The number of esters is 1. The van der Waals surface area contributed by atoms with Gasteiger partial charge < -0.3 is 4.74 Å². The summed E-state index contributed by atoms with van der Waals surface area (Å²) < 4.78 is 20.2. The van der Waals surface area contributed by atoms with E-state index in [0.717, 1.165) is 49.9 Å². The highest BCUT2D eigenvalue weighted by atomic mass is 19.1. The van der Waals surface area contributed by atoms with Crippen LogP contribution in [-0.4, -0.2) is 18.2 Å². The van der Waals surface area contributed by atoms with Gasteiger partial charge in [0.15, 0.2) is 0 Å². The van der Waals surface area contributed by atoms with E-state index in [0.29, 0.717) is 12.3 Å². The molecule has 3 saturated carbocycles. The molecule has 2 nitrogen and oxygen atoms in total. The van der Waals surface area contributed by atoms with Crippen molar-refractivity contribution in [2.24, 2.45) is 29.6 Å². The molecule has 3 aliphatic carbocycles. The van der Waals surface area contributed by atoms with E-state index in [9.17, 15) is 9.18 Å². The van der Waals surface area contributed by atoms with Crippen LogP contribution in [0.2, 0.25) is 0 Å². The molecule has 0 heterocycles. The van der Waals surface area contributed by atoms with Gasteiger partial charge in [0.05, 0.1) is 5.92 Å². The smallest absolute Gasteiger partial charge is 0.309 e. The molecule has 3 heteroatoms. The molecule has 0 aliphatic heterocycles. The second-order valence-corrected chi connectivity index (χ2v) is 10.1. The Morgan fingerprint density at radius 2 is 1.46 bits per heavy atom. The quantitative estimate of drug-likeness (QED) is 0.425. The predicted molar refractivity (Wildman–Crippen MR) is 113 cm³/mol. The van der Waals surface area contributed by atoms with Crippen LogP contribution in [0.4, 0.5) is 4.39 Å². The monoisotopic (exact) mass is 394 g/mol. The number of unbranched alkanes of at least 4 members (excludes halogenated alkanes) is 1. The van der Waals surface area contributed by atoms with Gasteiger partial charge >= 0.3 is 5.97 Å². The first-order valence-corrected chi connectivity index (χ1v) is 12.4. The van der Waals surface area contributed by atoms with Crippen LogP contribution in [0.3, 0.4) is 0 Å². The zero-order valence-electron chi connectivity index (χ0n) is 18.3. The number of ether oxygens (including phenoxy) is 1. The highest BCUT2D eigenvalue weighted by Crippen LogP contribution is 2.42. The average Bonchev–Trinajstić information content (AvgIpc) is 2.74. The van der Waals surface area contributed by atoms with Crippen molar-refractivity contribution in [3.05, 3.63) is 0 Å². The summed E-state index contributed by atoms with van der Waals surface area (Å²) in [6.45, 7) is 4.51. The molecule has 3 atom stereocenters. The number of alkyl halides is 1. The van der Waals surface area contributed by atoms with E-state index in [2.05, 4.69) is 13.8 Å². The fourth-order valence-corrected chi connectivity index (χ4v) is 6.20. The summed E-state index contributed by atoms with van der Waals surface area (Å²) >= 11 is 0. The van der Waals surface area contributed by atoms with Gasteiger partial charge in [-0.1, -0.05) is 52.4 Å². The van der Waals surface area contributed by atoms with Crippen LogP contribution in [0.5, 0.6) is 0 Å². The first kappa shape index (κ1) is 22.1. The minimum atomic E-state index is -0.954. The van der Waals surface area contributed by atoms with Crippen LogP contribution in [0, 0.1) is 29.6 Å². The van der Waals surface area contributed by atoms with Gasteiger partial charge in [0.2, 0.25) is 0 Å². The molecule has 3 aliphatic rings. The van der Waals surface area contributed by atoms with E-state index >= 15 is 0 Å². The van der Waals surface area contributed by atoms with Crippen molar-refractivity contribution in [2.75, 3.05) is 0 Å². The number of hydrogen-bond donors (Lipinski definition) is 0. The van der Waals surface area contributed by atoms with Crippen molar-refractivity contribution >= 4 is 5.97 Å². The van der Waals surface area contributed by atoms with Gasteiger partial charge in [-0.05, 0) is 81.5 Å². The molecule has 0 aromatic heterocycles. The van der Waals surface area contributed by atoms with Crippen LogP contribution in [0.25, 0.3) is 0 Å². The van der Waals surface area contributed by atoms with Crippen LogP contribution >= 0.6 is 0 Å². The molecule has 3 unspecified atom stereocenters. The SMILES string of the molecule is CCCCC1CCC(OC(=O)C2CCC(C3CCC(CC)CC3)CC2)C(F)C1. The molecule has 0 bridgehead atoms. The lowest BCUT2D eigenvalue weighted by Crippen LogP contribution is -2.37. The maximum absolute atomic E-state index is 14.5. The van der Waals surface area contributed by atoms with E-state index in [-0.39, 0.29) is 11.9 Å². The van der Waals surface area contributed by atoms with Crippen LogP contribution in [-0.2, 0) is 9.53 Å². The summed E-state index contributed by atoms with van der Waals surface area (Å²) in [5.74, 6) is 3.05. The summed E-state index contributed by atoms with van der Waals surface area (Å²) in [5, 5.41) is 0. The molecule has 162 valence electrons. The standard InChI is InChI=1S/C25H43FO2/c1-3-5-6-19-9-16-24(23(26)17-19)28-25(27)22-14-12-21(13-15-22)20-10-7-18(4-2)8-11-20/h18-24H,3-17H2,1-2H3. The summed E-state index contributed by atoms with van der Waals surface area (Å²) in [4.78, 5) is 12.6. The third-order valence-electron chi connectivity index (χ3n) is 8.30. The predicted octanol–water partition coefficient (Wildman–Crippen LogP) is 7.25. The summed E-state index contributed by atoms with van der Waals surface area (Å²) in [6, 6.07) is 0. The first-order chi connectivity index (χ1) is 13.6. The lowest BCUT2D eigenvalue weighted by atomic mass is 9.69. The maximum atomic E-state index is 14.5. The Morgan fingerprint density at radius 3 is 2.04 bits per heavy atom. The van der Waals surface area contributed by atoms with Gasteiger partial charge in [0, 0.05) is 0 Å². The highest BCUT2D eigenvalue weighted by molar-refractivity contribution is 5.72. The van der Waals surface area contributed by atoms with E-state index < -0.39 is 12.3 Å².